The van der Waals surface area contributed by atoms with Crippen molar-refractivity contribution in [2.75, 3.05) is 0 Å². The summed E-state index contributed by atoms with van der Waals surface area (Å²) < 4.78 is 15.1. The number of rotatable bonds is 3. The van der Waals surface area contributed by atoms with E-state index in [0.717, 1.165) is 28.2 Å². The first-order chi connectivity index (χ1) is 10.6. The monoisotopic (exact) mass is 292 g/mol. The van der Waals surface area contributed by atoms with Crippen molar-refractivity contribution in [1.82, 2.24) is 9.78 Å². The van der Waals surface area contributed by atoms with Crippen molar-refractivity contribution in [3.8, 4) is 0 Å². The maximum absolute atomic E-state index is 13.2. The van der Waals surface area contributed by atoms with Crippen LogP contribution in [0.1, 0.15) is 22.5 Å². The lowest BCUT2D eigenvalue weighted by molar-refractivity contribution is 0.627. The van der Waals surface area contributed by atoms with E-state index >= 15 is 0 Å². The SMILES string of the molecule is Cc1cc(C)n(C(=Cc2ccccc2)c2ccc(F)cc2)n1. The van der Waals surface area contributed by atoms with Gasteiger partial charge in [-0.25, -0.2) is 9.07 Å². The van der Waals surface area contributed by atoms with Crippen molar-refractivity contribution in [3.63, 3.8) is 0 Å². The van der Waals surface area contributed by atoms with E-state index < -0.39 is 0 Å². The molecule has 0 spiro atoms. The zero-order valence-corrected chi connectivity index (χ0v) is 12.6. The molecule has 0 aliphatic heterocycles. The number of hydrogen-bond acceptors (Lipinski definition) is 1. The van der Waals surface area contributed by atoms with Crippen molar-refractivity contribution in [2.24, 2.45) is 0 Å². The summed E-state index contributed by atoms with van der Waals surface area (Å²) in [6.45, 7) is 3.98. The highest BCUT2D eigenvalue weighted by Gasteiger charge is 2.10. The molecule has 110 valence electrons. The van der Waals surface area contributed by atoms with E-state index in [4.69, 9.17) is 0 Å². The van der Waals surface area contributed by atoms with E-state index in [2.05, 4.69) is 11.2 Å². The van der Waals surface area contributed by atoms with Gasteiger partial charge in [0.1, 0.15) is 5.82 Å². The Kier molecular flexibility index (Phi) is 3.88. The van der Waals surface area contributed by atoms with Crippen molar-refractivity contribution in [2.45, 2.75) is 13.8 Å². The summed E-state index contributed by atoms with van der Waals surface area (Å²) in [5.41, 5.74) is 4.94. The Morgan fingerprint density at radius 2 is 1.68 bits per heavy atom. The molecule has 0 aliphatic rings. The molecule has 0 amide bonds. The van der Waals surface area contributed by atoms with Gasteiger partial charge in [-0.3, -0.25) is 0 Å². The molecule has 1 aromatic heterocycles. The quantitative estimate of drug-likeness (QED) is 0.641. The summed E-state index contributed by atoms with van der Waals surface area (Å²) in [5, 5.41) is 4.56. The Hall–Kier alpha value is -2.68. The minimum Gasteiger partial charge on any atom is -0.237 e. The highest BCUT2D eigenvalue weighted by atomic mass is 19.1. The van der Waals surface area contributed by atoms with Crippen LogP contribution >= 0.6 is 0 Å². The third-order valence-corrected chi connectivity index (χ3v) is 3.48. The van der Waals surface area contributed by atoms with Crippen molar-refractivity contribution < 1.29 is 4.39 Å². The van der Waals surface area contributed by atoms with Gasteiger partial charge in [-0.1, -0.05) is 30.3 Å². The first-order valence-electron chi connectivity index (χ1n) is 7.20. The zero-order valence-electron chi connectivity index (χ0n) is 12.6. The number of benzene rings is 2. The van der Waals surface area contributed by atoms with Gasteiger partial charge in [0.15, 0.2) is 0 Å². The van der Waals surface area contributed by atoms with Crippen LogP contribution in [0.4, 0.5) is 4.39 Å². The van der Waals surface area contributed by atoms with Gasteiger partial charge in [0, 0.05) is 11.3 Å². The minimum atomic E-state index is -0.240. The smallest absolute Gasteiger partial charge is 0.123 e. The summed E-state index contributed by atoms with van der Waals surface area (Å²) >= 11 is 0. The molecular formula is C19H17FN2. The average molecular weight is 292 g/mol. The first kappa shape index (κ1) is 14.3. The van der Waals surface area contributed by atoms with Crippen LogP contribution in [-0.2, 0) is 0 Å². The molecule has 0 saturated heterocycles. The molecule has 0 N–H and O–H groups in total. The van der Waals surface area contributed by atoms with Crippen LogP contribution in [0, 0.1) is 19.7 Å². The molecule has 1 heterocycles. The molecule has 0 bridgehead atoms. The van der Waals surface area contributed by atoms with Gasteiger partial charge in [0.05, 0.1) is 11.4 Å². The number of halogens is 1. The van der Waals surface area contributed by atoms with E-state index in [1.807, 2.05) is 54.9 Å². The molecule has 0 atom stereocenters. The summed E-state index contributed by atoms with van der Waals surface area (Å²) in [7, 11) is 0. The molecule has 2 nitrogen and oxygen atoms in total. The lowest BCUT2D eigenvalue weighted by Crippen LogP contribution is -2.03. The predicted octanol–water partition coefficient (Wildman–Crippen LogP) is 4.69. The van der Waals surface area contributed by atoms with E-state index in [0.29, 0.717) is 0 Å². The summed E-state index contributed by atoms with van der Waals surface area (Å²) in [6, 6.07) is 18.6. The third kappa shape index (κ3) is 2.98. The molecule has 2 aromatic carbocycles. The van der Waals surface area contributed by atoms with E-state index in [9.17, 15) is 4.39 Å². The Bertz CT molecular complexity index is 799. The fourth-order valence-corrected chi connectivity index (χ4v) is 2.47. The summed E-state index contributed by atoms with van der Waals surface area (Å²) in [6.07, 6.45) is 2.06. The van der Waals surface area contributed by atoms with Gasteiger partial charge in [-0.05, 0) is 55.8 Å². The summed E-state index contributed by atoms with van der Waals surface area (Å²) in [5.74, 6) is -0.240. The second kappa shape index (κ2) is 5.98. The van der Waals surface area contributed by atoms with Crippen LogP contribution in [0.3, 0.4) is 0 Å². The van der Waals surface area contributed by atoms with Gasteiger partial charge in [0.25, 0.3) is 0 Å². The number of nitrogens with zero attached hydrogens (tertiary/aromatic N) is 2. The lowest BCUT2D eigenvalue weighted by Gasteiger charge is -2.11. The van der Waals surface area contributed by atoms with E-state index in [1.165, 1.54) is 12.1 Å². The number of aryl methyl sites for hydroxylation is 2. The largest absolute Gasteiger partial charge is 0.237 e. The molecule has 3 aromatic rings. The van der Waals surface area contributed by atoms with E-state index in [-0.39, 0.29) is 5.82 Å². The maximum atomic E-state index is 13.2. The predicted molar refractivity (Wildman–Crippen MR) is 87.8 cm³/mol. The Morgan fingerprint density at radius 3 is 2.27 bits per heavy atom. The van der Waals surface area contributed by atoms with Gasteiger partial charge >= 0.3 is 0 Å². The molecule has 0 fully saturated rings. The molecule has 3 heteroatoms. The van der Waals surface area contributed by atoms with Crippen molar-refractivity contribution >= 4 is 11.8 Å². The second-order valence-electron chi connectivity index (χ2n) is 5.29. The van der Waals surface area contributed by atoms with Gasteiger partial charge < -0.3 is 0 Å². The average Bonchev–Trinajstić information content (AvgIpc) is 2.85. The van der Waals surface area contributed by atoms with Crippen LogP contribution in [0.25, 0.3) is 11.8 Å². The molecule has 0 unspecified atom stereocenters. The Morgan fingerprint density at radius 1 is 1.00 bits per heavy atom. The zero-order chi connectivity index (χ0) is 15.5. The molecule has 22 heavy (non-hydrogen) atoms. The van der Waals surface area contributed by atoms with Gasteiger partial charge in [-0.15, -0.1) is 0 Å². The van der Waals surface area contributed by atoms with Crippen LogP contribution in [-0.4, -0.2) is 9.78 Å². The topological polar surface area (TPSA) is 17.8 Å². The second-order valence-corrected chi connectivity index (χ2v) is 5.29. The Balaban J connectivity index is 2.16. The highest BCUT2D eigenvalue weighted by Crippen LogP contribution is 2.22. The molecule has 0 radical (unpaired) electrons. The first-order valence-corrected chi connectivity index (χ1v) is 7.20. The van der Waals surface area contributed by atoms with Crippen molar-refractivity contribution in [3.05, 3.63) is 89.0 Å². The fourth-order valence-electron chi connectivity index (χ4n) is 2.47. The van der Waals surface area contributed by atoms with Crippen LogP contribution in [0.15, 0.2) is 60.7 Å². The number of hydrogen-bond donors (Lipinski definition) is 0. The van der Waals surface area contributed by atoms with Crippen LogP contribution in [0.5, 0.6) is 0 Å². The highest BCUT2D eigenvalue weighted by molar-refractivity contribution is 5.81. The lowest BCUT2D eigenvalue weighted by atomic mass is 10.1. The van der Waals surface area contributed by atoms with Crippen molar-refractivity contribution in [1.29, 1.82) is 0 Å². The fraction of sp³-hybridized carbons (Fsp3) is 0.105. The molecule has 3 rings (SSSR count). The molecular weight excluding hydrogens is 275 g/mol. The Labute approximate surface area is 129 Å². The van der Waals surface area contributed by atoms with Gasteiger partial charge in [0.2, 0.25) is 0 Å². The van der Waals surface area contributed by atoms with E-state index in [1.54, 1.807) is 12.1 Å². The molecule has 0 saturated carbocycles. The van der Waals surface area contributed by atoms with Crippen LogP contribution < -0.4 is 0 Å². The van der Waals surface area contributed by atoms with Crippen LogP contribution in [0.2, 0.25) is 0 Å². The normalized spacial score (nSPS) is 11.7. The standard InChI is InChI=1S/C19H17FN2/c1-14-12-15(2)22(21-14)19(13-16-6-4-3-5-7-16)17-8-10-18(20)11-9-17/h3-13H,1-2H3. The molecule has 0 aliphatic carbocycles. The minimum absolute atomic E-state index is 0.240. The van der Waals surface area contributed by atoms with Gasteiger partial charge in [-0.2, -0.15) is 5.10 Å². The third-order valence-electron chi connectivity index (χ3n) is 3.48. The number of aromatic nitrogens is 2. The summed E-state index contributed by atoms with van der Waals surface area (Å²) in [4.78, 5) is 0. The maximum Gasteiger partial charge on any atom is 0.123 e.